The first-order chi connectivity index (χ1) is 14.9. The third-order valence-corrected chi connectivity index (χ3v) is 7.75. The molecule has 2 fully saturated rings. The van der Waals surface area contributed by atoms with E-state index < -0.39 is 10.0 Å². The lowest BCUT2D eigenvalue weighted by atomic mass is 9.97. The normalized spacial score (nSPS) is 18.1. The quantitative estimate of drug-likeness (QED) is 0.766. The van der Waals surface area contributed by atoms with Gasteiger partial charge in [0.15, 0.2) is 0 Å². The molecular formula is C22H26N4O4S. The molecule has 0 saturated carbocycles. The Morgan fingerprint density at radius 3 is 2.42 bits per heavy atom. The van der Waals surface area contributed by atoms with Gasteiger partial charge in [-0.3, -0.25) is 14.6 Å². The summed E-state index contributed by atoms with van der Waals surface area (Å²) in [5, 5.41) is 2.90. The smallest absolute Gasteiger partial charge is 0.253 e. The molecule has 2 aliphatic heterocycles. The van der Waals surface area contributed by atoms with E-state index in [0.717, 1.165) is 25.9 Å². The molecule has 3 heterocycles. The fraction of sp³-hybridized carbons (Fsp3) is 0.409. The van der Waals surface area contributed by atoms with Crippen molar-refractivity contribution in [2.75, 3.05) is 31.5 Å². The van der Waals surface area contributed by atoms with Crippen molar-refractivity contribution in [3.05, 3.63) is 54.4 Å². The standard InChI is InChI=1S/C22H26N4O4S/c27-21(24-19-6-3-5-18(15-19)22(28)25-11-1-2-12-25)17-8-13-26(14-9-17)31(29,30)20-7-4-10-23-16-20/h3-7,10,15-17H,1-2,8-9,11-14H2,(H,24,27). The summed E-state index contributed by atoms with van der Waals surface area (Å²) in [5.74, 6) is -0.440. The lowest BCUT2D eigenvalue weighted by Crippen LogP contribution is -2.41. The summed E-state index contributed by atoms with van der Waals surface area (Å²) in [5.41, 5.74) is 1.15. The fourth-order valence-corrected chi connectivity index (χ4v) is 5.52. The third-order valence-electron chi connectivity index (χ3n) is 5.87. The average Bonchev–Trinajstić information content (AvgIpc) is 3.34. The van der Waals surface area contributed by atoms with Crippen molar-refractivity contribution in [2.45, 2.75) is 30.6 Å². The van der Waals surface area contributed by atoms with Crippen LogP contribution >= 0.6 is 0 Å². The molecule has 9 heteroatoms. The number of anilines is 1. The number of nitrogens with one attached hydrogen (secondary N) is 1. The number of hydrogen-bond acceptors (Lipinski definition) is 5. The monoisotopic (exact) mass is 442 g/mol. The van der Waals surface area contributed by atoms with Crippen LogP contribution < -0.4 is 5.32 Å². The zero-order valence-corrected chi connectivity index (χ0v) is 18.1. The SMILES string of the molecule is O=C(Nc1cccc(C(=O)N2CCCC2)c1)C1CCN(S(=O)(=O)c2cccnc2)CC1. The minimum atomic E-state index is -3.60. The van der Waals surface area contributed by atoms with Crippen LogP contribution in [0.2, 0.25) is 0 Å². The van der Waals surface area contributed by atoms with Crippen LogP contribution in [0.15, 0.2) is 53.7 Å². The van der Waals surface area contributed by atoms with E-state index >= 15 is 0 Å². The van der Waals surface area contributed by atoms with Crippen molar-refractivity contribution in [1.29, 1.82) is 0 Å². The van der Waals surface area contributed by atoms with Gasteiger partial charge < -0.3 is 10.2 Å². The molecule has 31 heavy (non-hydrogen) atoms. The van der Waals surface area contributed by atoms with E-state index in [4.69, 9.17) is 0 Å². The number of aromatic nitrogens is 1. The number of nitrogens with zero attached hydrogens (tertiary/aromatic N) is 3. The number of sulfonamides is 1. The Labute approximate surface area is 182 Å². The predicted molar refractivity (Wildman–Crippen MR) is 116 cm³/mol. The van der Waals surface area contributed by atoms with Crippen LogP contribution in [0.3, 0.4) is 0 Å². The van der Waals surface area contributed by atoms with E-state index in [-0.39, 0.29) is 35.7 Å². The summed E-state index contributed by atoms with van der Waals surface area (Å²) < 4.78 is 26.8. The van der Waals surface area contributed by atoms with Gasteiger partial charge in [0.2, 0.25) is 15.9 Å². The van der Waals surface area contributed by atoms with Crippen LogP contribution in [0.5, 0.6) is 0 Å². The highest BCUT2D eigenvalue weighted by Crippen LogP contribution is 2.25. The minimum absolute atomic E-state index is 0.0116. The van der Waals surface area contributed by atoms with Gasteiger partial charge in [0.1, 0.15) is 4.90 Å². The first-order valence-corrected chi connectivity index (χ1v) is 12.0. The molecule has 0 unspecified atom stereocenters. The van der Waals surface area contributed by atoms with Gasteiger partial charge in [-0.15, -0.1) is 0 Å². The number of piperidine rings is 1. The van der Waals surface area contributed by atoms with Crippen molar-refractivity contribution < 1.29 is 18.0 Å². The number of rotatable bonds is 5. The van der Waals surface area contributed by atoms with Crippen LogP contribution in [-0.2, 0) is 14.8 Å². The molecule has 1 aromatic carbocycles. The topological polar surface area (TPSA) is 99.7 Å². The van der Waals surface area contributed by atoms with E-state index in [9.17, 15) is 18.0 Å². The maximum absolute atomic E-state index is 12.7. The molecule has 0 atom stereocenters. The zero-order valence-electron chi connectivity index (χ0n) is 17.2. The van der Waals surface area contributed by atoms with E-state index in [1.165, 1.54) is 22.8 Å². The van der Waals surface area contributed by atoms with Gasteiger partial charge in [-0.1, -0.05) is 6.07 Å². The molecule has 0 bridgehead atoms. The Bertz CT molecular complexity index is 1040. The molecule has 1 N–H and O–H groups in total. The van der Waals surface area contributed by atoms with Crippen molar-refractivity contribution in [3.8, 4) is 0 Å². The summed E-state index contributed by atoms with van der Waals surface area (Å²) in [4.78, 5) is 31.2. The van der Waals surface area contributed by atoms with E-state index in [1.807, 2.05) is 4.90 Å². The van der Waals surface area contributed by atoms with E-state index in [0.29, 0.717) is 24.1 Å². The van der Waals surface area contributed by atoms with Crippen molar-refractivity contribution in [3.63, 3.8) is 0 Å². The first-order valence-electron chi connectivity index (χ1n) is 10.6. The van der Waals surface area contributed by atoms with Crippen molar-refractivity contribution in [2.24, 2.45) is 5.92 Å². The minimum Gasteiger partial charge on any atom is -0.339 e. The number of likely N-dealkylation sites (tertiary alicyclic amines) is 1. The number of amides is 2. The number of hydrogen-bond donors (Lipinski definition) is 1. The van der Waals surface area contributed by atoms with Gasteiger partial charge in [-0.2, -0.15) is 4.31 Å². The third kappa shape index (κ3) is 4.77. The van der Waals surface area contributed by atoms with Gasteiger partial charge in [-0.25, -0.2) is 8.42 Å². The molecular weight excluding hydrogens is 416 g/mol. The summed E-state index contributed by atoms with van der Waals surface area (Å²) in [6.07, 6.45) is 5.80. The molecule has 4 rings (SSSR count). The van der Waals surface area contributed by atoms with Gasteiger partial charge in [0.25, 0.3) is 5.91 Å². The average molecular weight is 443 g/mol. The number of pyridine rings is 1. The highest BCUT2D eigenvalue weighted by atomic mass is 32.2. The molecule has 2 aromatic rings. The molecule has 2 aliphatic rings. The highest BCUT2D eigenvalue weighted by Gasteiger charge is 2.32. The Balaban J connectivity index is 1.35. The van der Waals surface area contributed by atoms with Gasteiger partial charge in [0.05, 0.1) is 0 Å². The lowest BCUT2D eigenvalue weighted by Gasteiger charge is -2.30. The molecule has 1 aromatic heterocycles. The molecule has 0 spiro atoms. The molecule has 8 nitrogen and oxygen atoms in total. The number of carbonyl (C=O) groups is 2. The second-order valence-electron chi connectivity index (χ2n) is 7.94. The molecule has 164 valence electrons. The summed E-state index contributed by atoms with van der Waals surface area (Å²) in [6, 6.07) is 10.1. The van der Waals surface area contributed by atoms with Gasteiger partial charge in [0, 0.05) is 55.7 Å². The largest absolute Gasteiger partial charge is 0.339 e. The number of carbonyl (C=O) groups excluding carboxylic acids is 2. The van der Waals surface area contributed by atoms with Crippen LogP contribution in [0.4, 0.5) is 5.69 Å². The van der Waals surface area contributed by atoms with E-state index in [1.54, 1.807) is 30.3 Å². The van der Waals surface area contributed by atoms with Crippen LogP contribution in [-0.4, -0.2) is 60.6 Å². The van der Waals surface area contributed by atoms with Crippen molar-refractivity contribution in [1.82, 2.24) is 14.2 Å². The Kier molecular flexibility index (Phi) is 6.33. The summed E-state index contributed by atoms with van der Waals surface area (Å²) in [6.45, 7) is 2.11. The molecule has 2 amide bonds. The van der Waals surface area contributed by atoms with E-state index in [2.05, 4.69) is 10.3 Å². The zero-order chi connectivity index (χ0) is 21.8. The van der Waals surface area contributed by atoms with Gasteiger partial charge in [-0.05, 0) is 56.0 Å². The summed E-state index contributed by atoms with van der Waals surface area (Å²) >= 11 is 0. The molecule has 0 radical (unpaired) electrons. The fourth-order valence-electron chi connectivity index (χ4n) is 4.08. The first kappa shape index (κ1) is 21.5. The Morgan fingerprint density at radius 1 is 1.00 bits per heavy atom. The van der Waals surface area contributed by atoms with Gasteiger partial charge >= 0.3 is 0 Å². The Morgan fingerprint density at radius 2 is 1.74 bits per heavy atom. The highest BCUT2D eigenvalue weighted by molar-refractivity contribution is 7.89. The second-order valence-corrected chi connectivity index (χ2v) is 9.87. The van der Waals surface area contributed by atoms with Crippen LogP contribution in [0.25, 0.3) is 0 Å². The second kappa shape index (κ2) is 9.15. The maximum Gasteiger partial charge on any atom is 0.253 e. The predicted octanol–water partition coefficient (Wildman–Crippen LogP) is 2.36. The maximum atomic E-state index is 12.7. The van der Waals surface area contributed by atoms with Crippen LogP contribution in [0, 0.1) is 5.92 Å². The molecule has 2 saturated heterocycles. The Hall–Kier alpha value is -2.78. The van der Waals surface area contributed by atoms with Crippen molar-refractivity contribution >= 4 is 27.5 Å². The lowest BCUT2D eigenvalue weighted by molar-refractivity contribution is -0.120. The summed E-state index contributed by atoms with van der Waals surface area (Å²) in [7, 11) is -3.60. The number of benzene rings is 1. The molecule has 0 aliphatic carbocycles. The van der Waals surface area contributed by atoms with Crippen LogP contribution in [0.1, 0.15) is 36.0 Å².